The summed E-state index contributed by atoms with van der Waals surface area (Å²) in [6.45, 7) is 3.88. The van der Waals surface area contributed by atoms with Crippen molar-refractivity contribution in [1.82, 2.24) is 0 Å². The van der Waals surface area contributed by atoms with Crippen LogP contribution in [0.25, 0.3) is 11.0 Å². The van der Waals surface area contributed by atoms with Crippen molar-refractivity contribution >= 4 is 28.5 Å². The van der Waals surface area contributed by atoms with Gasteiger partial charge in [0.2, 0.25) is 5.76 Å². The molecule has 1 heterocycles. The highest BCUT2D eigenvalue weighted by Gasteiger charge is 2.22. The minimum atomic E-state index is -1.11. The lowest BCUT2D eigenvalue weighted by Crippen LogP contribution is -2.00. The molecule has 0 atom stereocenters. The molecule has 96 valence electrons. The van der Waals surface area contributed by atoms with Crippen LogP contribution in [0.5, 0.6) is 0 Å². The predicted molar refractivity (Wildman–Crippen MR) is 68.4 cm³/mol. The van der Waals surface area contributed by atoms with E-state index in [4.69, 9.17) is 25.9 Å². The van der Waals surface area contributed by atoms with Gasteiger partial charge in [0.05, 0.1) is 6.61 Å². The first-order valence-electron chi connectivity index (χ1n) is 5.40. The molecule has 0 amide bonds. The monoisotopic (exact) mass is 268 g/mol. The fourth-order valence-electron chi connectivity index (χ4n) is 2.12. The largest absolute Gasteiger partial charge is 0.475 e. The number of benzene rings is 1. The second-order valence-electron chi connectivity index (χ2n) is 4.15. The Kier molecular flexibility index (Phi) is 3.32. The van der Waals surface area contributed by atoms with Gasteiger partial charge in [0.25, 0.3) is 0 Å². The number of carboxylic acid groups (broad SMARTS) is 1. The van der Waals surface area contributed by atoms with E-state index >= 15 is 0 Å². The molecular formula is C13H13ClO4. The maximum absolute atomic E-state index is 11.2. The number of halogens is 1. The zero-order valence-electron chi connectivity index (χ0n) is 10.3. The molecule has 1 aromatic carbocycles. The molecule has 0 fully saturated rings. The number of rotatable bonds is 3. The lowest BCUT2D eigenvalue weighted by atomic mass is 10.0. The van der Waals surface area contributed by atoms with E-state index in [2.05, 4.69) is 0 Å². The third-order valence-corrected chi connectivity index (χ3v) is 3.50. The van der Waals surface area contributed by atoms with Gasteiger partial charge in [0.15, 0.2) is 0 Å². The van der Waals surface area contributed by atoms with Crippen LogP contribution in [0.4, 0.5) is 0 Å². The first kappa shape index (κ1) is 12.9. The highest BCUT2D eigenvalue weighted by atomic mass is 35.5. The number of methoxy groups -OCH3 is 1. The fraction of sp³-hybridized carbons (Fsp3) is 0.308. The van der Waals surface area contributed by atoms with Crippen molar-refractivity contribution in [2.24, 2.45) is 0 Å². The predicted octanol–water partition coefficient (Wildman–Crippen LogP) is 3.55. The van der Waals surface area contributed by atoms with Crippen LogP contribution in [-0.2, 0) is 11.3 Å². The minimum Gasteiger partial charge on any atom is -0.475 e. The van der Waals surface area contributed by atoms with Gasteiger partial charge in [-0.2, -0.15) is 0 Å². The van der Waals surface area contributed by atoms with Gasteiger partial charge < -0.3 is 14.3 Å². The lowest BCUT2D eigenvalue weighted by molar-refractivity contribution is 0.0658. The number of carbonyl (C=O) groups is 1. The Morgan fingerprint density at radius 1 is 1.50 bits per heavy atom. The molecule has 0 saturated carbocycles. The number of furan rings is 1. The molecule has 5 heteroatoms. The van der Waals surface area contributed by atoms with Gasteiger partial charge in [-0.1, -0.05) is 11.6 Å². The number of ether oxygens (including phenoxy) is 1. The maximum Gasteiger partial charge on any atom is 0.372 e. The van der Waals surface area contributed by atoms with Crippen LogP contribution in [0.15, 0.2) is 10.5 Å². The molecular weight excluding hydrogens is 256 g/mol. The number of fused-ring (bicyclic) bond motifs is 1. The van der Waals surface area contributed by atoms with Crippen molar-refractivity contribution < 1.29 is 19.1 Å². The molecule has 0 aliphatic carbocycles. The van der Waals surface area contributed by atoms with Crippen LogP contribution in [0.2, 0.25) is 5.02 Å². The molecule has 2 rings (SSSR count). The van der Waals surface area contributed by atoms with Gasteiger partial charge in [0.1, 0.15) is 5.58 Å². The summed E-state index contributed by atoms with van der Waals surface area (Å²) in [5, 5.41) is 10.5. The summed E-state index contributed by atoms with van der Waals surface area (Å²) in [6.07, 6.45) is 0. The average molecular weight is 269 g/mol. The molecule has 1 N–H and O–H groups in total. The Morgan fingerprint density at radius 3 is 2.72 bits per heavy atom. The molecule has 18 heavy (non-hydrogen) atoms. The SMILES string of the molecule is COCc1c(C(=O)O)oc2cc(C)c(Cl)c(C)c12. The maximum atomic E-state index is 11.2. The fourth-order valence-corrected chi connectivity index (χ4v) is 2.27. The van der Waals surface area contributed by atoms with Crippen molar-refractivity contribution in [3.63, 3.8) is 0 Å². The lowest BCUT2D eigenvalue weighted by Gasteiger charge is -2.05. The van der Waals surface area contributed by atoms with E-state index in [0.717, 1.165) is 16.5 Å². The van der Waals surface area contributed by atoms with Crippen molar-refractivity contribution in [1.29, 1.82) is 0 Å². The zero-order valence-corrected chi connectivity index (χ0v) is 11.1. The Hall–Kier alpha value is -1.52. The van der Waals surface area contributed by atoms with Crippen LogP contribution in [0.3, 0.4) is 0 Å². The molecule has 0 aliphatic heterocycles. The Labute approximate surface area is 109 Å². The number of hydrogen-bond donors (Lipinski definition) is 1. The Morgan fingerprint density at radius 2 is 2.17 bits per heavy atom. The summed E-state index contributed by atoms with van der Waals surface area (Å²) in [4.78, 5) is 11.2. The Balaban J connectivity index is 2.86. The highest BCUT2D eigenvalue weighted by Crippen LogP contribution is 2.35. The van der Waals surface area contributed by atoms with Gasteiger partial charge >= 0.3 is 5.97 Å². The summed E-state index contributed by atoms with van der Waals surface area (Å²) < 4.78 is 10.4. The second-order valence-corrected chi connectivity index (χ2v) is 4.53. The van der Waals surface area contributed by atoms with E-state index in [1.165, 1.54) is 7.11 Å². The van der Waals surface area contributed by atoms with Crippen molar-refractivity contribution in [2.45, 2.75) is 20.5 Å². The van der Waals surface area contributed by atoms with E-state index in [1.54, 1.807) is 6.07 Å². The minimum absolute atomic E-state index is 0.0865. The van der Waals surface area contributed by atoms with Crippen molar-refractivity contribution in [3.8, 4) is 0 Å². The highest BCUT2D eigenvalue weighted by molar-refractivity contribution is 6.33. The summed E-state index contributed by atoms with van der Waals surface area (Å²) in [7, 11) is 1.51. The smallest absolute Gasteiger partial charge is 0.372 e. The molecule has 0 aliphatic rings. The van der Waals surface area contributed by atoms with E-state index in [-0.39, 0.29) is 12.4 Å². The van der Waals surface area contributed by atoms with Crippen LogP contribution in [0.1, 0.15) is 27.2 Å². The van der Waals surface area contributed by atoms with E-state index in [0.29, 0.717) is 16.2 Å². The van der Waals surface area contributed by atoms with Crippen molar-refractivity contribution in [2.75, 3.05) is 7.11 Å². The van der Waals surface area contributed by atoms with Crippen LogP contribution >= 0.6 is 11.6 Å². The Bertz CT molecular complexity index is 628. The van der Waals surface area contributed by atoms with Gasteiger partial charge in [-0.25, -0.2) is 4.79 Å². The van der Waals surface area contributed by atoms with Gasteiger partial charge in [0, 0.05) is 23.1 Å². The molecule has 2 aromatic rings. The summed E-state index contributed by atoms with van der Waals surface area (Å²) >= 11 is 6.19. The van der Waals surface area contributed by atoms with Gasteiger partial charge in [-0.05, 0) is 31.0 Å². The average Bonchev–Trinajstić information content (AvgIpc) is 2.66. The molecule has 1 aromatic heterocycles. The summed E-state index contributed by atoms with van der Waals surface area (Å²) in [6, 6.07) is 1.75. The van der Waals surface area contributed by atoms with Crippen molar-refractivity contribution in [3.05, 3.63) is 33.5 Å². The third kappa shape index (κ3) is 1.87. The normalized spacial score (nSPS) is 11.1. The molecule has 0 bridgehead atoms. The molecule has 0 unspecified atom stereocenters. The van der Waals surface area contributed by atoms with Gasteiger partial charge in [-0.15, -0.1) is 0 Å². The first-order chi connectivity index (χ1) is 8.47. The molecule has 0 saturated heterocycles. The van der Waals surface area contributed by atoms with E-state index in [9.17, 15) is 4.79 Å². The zero-order chi connectivity index (χ0) is 13.4. The molecule has 0 radical (unpaired) electrons. The topological polar surface area (TPSA) is 59.7 Å². The van der Waals surface area contributed by atoms with Crippen LogP contribution in [0, 0.1) is 13.8 Å². The van der Waals surface area contributed by atoms with E-state index < -0.39 is 5.97 Å². The molecule has 0 spiro atoms. The number of aromatic carboxylic acids is 1. The standard InChI is InChI=1S/C13H13ClO4/c1-6-4-9-10(7(2)11(6)14)8(5-17-3)12(18-9)13(15)16/h4H,5H2,1-3H3,(H,15,16). The molecule has 4 nitrogen and oxygen atoms in total. The van der Waals surface area contributed by atoms with Crippen LogP contribution < -0.4 is 0 Å². The van der Waals surface area contributed by atoms with Gasteiger partial charge in [-0.3, -0.25) is 0 Å². The summed E-state index contributed by atoms with van der Waals surface area (Å²) in [5.41, 5.74) is 2.73. The van der Waals surface area contributed by atoms with E-state index in [1.807, 2.05) is 13.8 Å². The second kappa shape index (κ2) is 4.63. The summed E-state index contributed by atoms with van der Waals surface area (Å²) in [5.74, 6) is -1.19. The number of hydrogen-bond acceptors (Lipinski definition) is 3. The number of carboxylic acids is 1. The van der Waals surface area contributed by atoms with Crippen LogP contribution in [-0.4, -0.2) is 18.2 Å². The number of aryl methyl sites for hydroxylation is 2. The third-order valence-electron chi connectivity index (χ3n) is 2.92. The first-order valence-corrected chi connectivity index (χ1v) is 5.78. The quantitative estimate of drug-likeness (QED) is 0.925.